The molecule has 2 aliphatic heterocycles. The van der Waals surface area contributed by atoms with Crippen LogP contribution in [0.4, 0.5) is 0 Å². The number of hydrogen-bond donors (Lipinski definition) is 0. The first-order valence-corrected chi connectivity index (χ1v) is 6.79. The first-order chi connectivity index (χ1) is 10.3. The fourth-order valence-electron chi connectivity index (χ4n) is 3.49. The van der Waals surface area contributed by atoms with Crippen molar-refractivity contribution in [2.75, 3.05) is 0 Å². The predicted octanol–water partition coefficient (Wildman–Crippen LogP) is 2.02. The number of allylic oxidation sites excluding steroid dienone is 6. The molecule has 21 heavy (non-hydrogen) atoms. The molecule has 5 nitrogen and oxygen atoms in total. The average Bonchev–Trinajstić information content (AvgIpc) is 3.12. The van der Waals surface area contributed by atoms with Crippen LogP contribution in [0.3, 0.4) is 0 Å². The lowest BCUT2D eigenvalue weighted by Crippen LogP contribution is -2.35. The molecule has 2 aliphatic carbocycles. The Labute approximate surface area is 120 Å². The van der Waals surface area contributed by atoms with Crippen LogP contribution in [0.5, 0.6) is 0 Å². The monoisotopic (exact) mass is 274 g/mol. The van der Waals surface area contributed by atoms with Gasteiger partial charge in [-0.15, -0.1) is 0 Å². The van der Waals surface area contributed by atoms with Crippen LogP contribution < -0.4 is 0 Å². The van der Waals surface area contributed by atoms with E-state index >= 15 is 0 Å². The SMILES string of the molecule is O=C1C=CC2=Cn3ccnc3C3=C4N=CN=C4C=CC23C1. The maximum atomic E-state index is 12.0. The molecule has 100 valence electrons. The largest absolute Gasteiger partial charge is 0.306 e. The van der Waals surface area contributed by atoms with Gasteiger partial charge in [0.05, 0.1) is 16.8 Å². The van der Waals surface area contributed by atoms with Crippen LogP contribution in [0.25, 0.3) is 11.8 Å². The summed E-state index contributed by atoms with van der Waals surface area (Å²) in [6.07, 6.45) is 15.3. The zero-order valence-electron chi connectivity index (χ0n) is 11.0. The Morgan fingerprint density at radius 1 is 1.24 bits per heavy atom. The lowest BCUT2D eigenvalue weighted by Gasteiger charge is -2.40. The second kappa shape index (κ2) is 3.44. The Balaban J connectivity index is 1.92. The van der Waals surface area contributed by atoms with Crippen LogP contribution in [0.15, 0.2) is 58.0 Å². The second-order valence-electron chi connectivity index (χ2n) is 5.51. The minimum absolute atomic E-state index is 0.122. The first-order valence-electron chi connectivity index (χ1n) is 6.79. The van der Waals surface area contributed by atoms with Crippen LogP contribution in [0.2, 0.25) is 0 Å². The summed E-state index contributed by atoms with van der Waals surface area (Å²) >= 11 is 0. The molecule has 0 amide bonds. The predicted molar refractivity (Wildman–Crippen MR) is 79.7 cm³/mol. The Morgan fingerprint density at radius 2 is 2.19 bits per heavy atom. The van der Waals surface area contributed by atoms with Crippen molar-refractivity contribution in [1.29, 1.82) is 0 Å². The molecule has 0 saturated heterocycles. The molecule has 5 rings (SSSR count). The molecule has 5 heteroatoms. The zero-order chi connectivity index (χ0) is 14.0. The van der Waals surface area contributed by atoms with Crippen molar-refractivity contribution >= 4 is 29.6 Å². The third-order valence-electron chi connectivity index (χ3n) is 4.42. The van der Waals surface area contributed by atoms with E-state index < -0.39 is 5.41 Å². The van der Waals surface area contributed by atoms with E-state index in [0.29, 0.717) is 6.42 Å². The molecule has 4 aliphatic rings. The zero-order valence-corrected chi connectivity index (χ0v) is 11.0. The number of rotatable bonds is 0. The van der Waals surface area contributed by atoms with Crippen LogP contribution in [-0.2, 0) is 4.79 Å². The van der Waals surface area contributed by atoms with Crippen molar-refractivity contribution in [3.8, 4) is 0 Å². The molecule has 1 aromatic heterocycles. The normalized spacial score (nSPS) is 27.9. The molecular formula is C16H10N4O. The van der Waals surface area contributed by atoms with Gasteiger partial charge in [-0.2, -0.15) is 0 Å². The number of carbonyl (C=O) groups is 1. The number of nitrogens with zero attached hydrogens (tertiary/aromatic N) is 4. The Morgan fingerprint density at radius 3 is 3.14 bits per heavy atom. The van der Waals surface area contributed by atoms with E-state index in [1.54, 1.807) is 18.6 Å². The Bertz CT molecular complexity index is 891. The van der Waals surface area contributed by atoms with E-state index in [4.69, 9.17) is 0 Å². The summed E-state index contributed by atoms with van der Waals surface area (Å²) in [5, 5.41) is 0. The number of imidazole rings is 1. The van der Waals surface area contributed by atoms with Crippen molar-refractivity contribution in [2.24, 2.45) is 15.4 Å². The van der Waals surface area contributed by atoms with E-state index in [9.17, 15) is 4.79 Å². The van der Waals surface area contributed by atoms with Gasteiger partial charge in [0.25, 0.3) is 0 Å². The lowest BCUT2D eigenvalue weighted by molar-refractivity contribution is -0.115. The number of aliphatic imine (C=N–C) groups is 2. The average molecular weight is 274 g/mol. The number of aromatic nitrogens is 2. The van der Waals surface area contributed by atoms with Crippen LogP contribution >= 0.6 is 0 Å². The molecule has 0 saturated carbocycles. The molecular weight excluding hydrogens is 264 g/mol. The third kappa shape index (κ3) is 1.21. The highest BCUT2D eigenvalue weighted by molar-refractivity contribution is 6.21. The van der Waals surface area contributed by atoms with Gasteiger partial charge >= 0.3 is 0 Å². The standard InChI is InChI=1S/C16H10N4O/c21-11-2-1-10-8-20-6-5-17-15(20)13-14-12(18-9-19-14)3-4-16(10,13)7-11/h1-6,8-9H,7H2. The van der Waals surface area contributed by atoms with E-state index in [2.05, 4.69) is 21.0 Å². The van der Waals surface area contributed by atoms with Crippen molar-refractivity contribution in [1.82, 2.24) is 9.55 Å². The van der Waals surface area contributed by atoms with Crippen LogP contribution in [0, 0.1) is 5.41 Å². The van der Waals surface area contributed by atoms with Gasteiger partial charge in [-0.1, -0.05) is 12.2 Å². The van der Waals surface area contributed by atoms with Gasteiger partial charge in [-0.05, 0) is 17.7 Å². The summed E-state index contributed by atoms with van der Waals surface area (Å²) in [6, 6.07) is 0. The van der Waals surface area contributed by atoms with Gasteiger partial charge in [0, 0.05) is 30.6 Å². The molecule has 1 aromatic rings. The van der Waals surface area contributed by atoms with E-state index in [0.717, 1.165) is 28.4 Å². The highest BCUT2D eigenvalue weighted by Crippen LogP contribution is 2.54. The van der Waals surface area contributed by atoms with Gasteiger partial charge in [0.1, 0.15) is 12.2 Å². The van der Waals surface area contributed by atoms with Gasteiger partial charge < -0.3 is 4.57 Å². The number of fused-ring (bicyclic) bond motifs is 3. The Hall–Kier alpha value is -2.82. The molecule has 1 spiro atoms. The highest BCUT2D eigenvalue weighted by Gasteiger charge is 2.47. The maximum absolute atomic E-state index is 12.0. The van der Waals surface area contributed by atoms with Crippen molar-refractivity contribution < 1.29 is 4.79 Å². The summed E-state index contributed by atoms with van der Waals surface area (Å²) in [5.74, 6) is 0.963. The molecule has 3 heterocycles. The van der Waals surface area contributed by atoms with Crippen molar-refractivity contribution in [3.05, 3.63) is 53.8 Å². The van der Waals surface area contributed by atoms with Gasteiger partial charge in [-0.3, -0.25) is 4.79 Å². The van der Waals surface area contributed by atoms with Crippen LogP contribution in [-0.4, -0.2) is 27.4 Å². The summed E-state index contributed by atoms with van der Waals surface area (Å²) in [7, 11) is 0. The minimum Gasteiger partial charge on any atom is -0.306 e. The highest BCUT2D eigenvalue weighted by atomic mass is 16.1. The van der Waals surface area contributed by atoms with Crippen molar-refractivity contribution in [3.63, 3.8) is 0 Å². The molecule has 0 aromatic carbocycles. The first kappa shape index (κ1) is 10.9. The molecule has 1 atom stereocenters. The molecule has 0 N–H and O–H groups in total. The fraction of sp³-hybridized carbons (Fsp3) is 0.125. The Kier molecular flexibility index (Phi) is 1.78. The molecule has 0 radical (unpaired) electrons. The van der Waals surface area contributed by atoms with E-state index in [-0.39, 0.29) is 5.78 Å². The number of carbonyl (C=O) groups excluding carboxylic acids is 1. The van der Waals surface area contributed by atoms with Crippen molar-refractivity contribution in [2.45, 2.75) is 6.42 Å². The number of hydrogen-bond acceptors (Lipinski definition) is 4. The number of ketones is 1. The maximum Gasteiger partial charge on any atom is 0.157 e. The fourth-order valence-corrected chi connectivity index (χ4v) is 3.49. The second-order valence-corrected chi connectivity index (χ2v) is 5.51. The van der Waals surface area contributed by atoms with E-state index in [1.165, 1.54) is 0 Å². The quantitative estimate of drug-likeness (QED) is 0.726. The van der Waals surface area contributed by atoms with Crippen LogP contribution in [0.1, 0.15) is 12.2 Å². The van der Waals surface area contributed by atoms with Gasteiger partial charge in [-0.25, -0.2) is 15.0 Å². The minimum atomic E-state index is -0.455. The van der Waals surface area contributed by atoms with Gasteiger partial charge in [0.15, 0.2) is 5.78 Å². The summed E-state index contributed by atoms with van der Waals surface area (Å²) < 4.78 is 1.99. The van der Waals surface area contributed by atoms with Gasteiger partial charge in [0.2, 0.25) is 0 Å². The van der Waals surface area contributed by atoms with E-state index in [1.807, 2.05) is 29.1 Å². The summed E-state index contributed by atoms with van der Waals surface area (Å²) in [4.78, 5) is 25.2. The summed E-state index contributed by atoms with van der Waals surface area (Å²) in [5.41, 5.74) is 3.29. The molecule has 1 unspecified atom stereocenters. The third-order valence-corrected chi connectivity index (χ3v) is 4.42. The molecule has 0 bridgehead atoms. The molecule has 0 fully saturated rings. The topological polar surface area (TPSA) is 59.6 Å². The summed E-state index contributed by atoms with van der Waals surface area (Å²) in [6.45, 7) is 0. The smallest absolute Gasteiger partial charge is 0.157 e. The lowest BCUT2D eigenvalue weighted by atomic mass is 9.64.